The number of sulfonamides is 1. The van der Waals surface area contributed by atoms with Crippen LogP contribution in [0, 0.1) is 6.92 Å². The van der Waals surface area contributed by atoms with Gasteiger partial charge in [0.1, 0.15) is 6.54 Å². The van der Waals surface area contributed by atoms with Crippen LogP contribution in [0.15, 0.2) is 29.2 Å². The number of carboxylic acids is 1. The lowest BCUT2D eigenvalue weighted by Gasteiger charge is -2.33. The number of hydrogen-bond donors (Lipinski definition) is 1. The van der Waals surface area contributed by atoms with E-state index in [1.54, 1.807) is 32.9 Å². The van der Waals surface area contributed by atoms with E-state index in [0.717, 1.165) is 9.87 Å². The molecule has 0 amide bonds. The molecule has 0 heterocycles. The van der Waals surface area contributed by atoms with Gasteiger partial charge in [-0.3, -0.25) is 4.79 Å². The van der Waals surface area contributed by atoms with E-state index in [-0.39, 0.29) is 4.90 Å². The van der Waals surface area contributed by atoms with Crippen LogP contribution in [0.4, 0.5) is 0 Å². The van der Waals surface area contributed by atoms with E-state index in [0.29, 0.717) is 0 Å². The minimum Gasteiger partial charge on any atom is -0.480 e. The first kappa shape index (κ1) is 15.7. The summed E-state index contributed by atoms with van der Waals surface area (Å²) in [7, 11) is -3.82. The lowest BCUT2D eigenvalue weighted by molar-refractivity contribution is -0.138. The molecule has 0 unspecified atom stereocenters. The van der Waals surface area contributed by atoms with E-state index in [1.807, 2.05) is 6.92 Å². The van der Waals surface area contributed by atoms with Gasteiger partial charge in [-0.1, -0.05) is 17.7 Å². The van der Waals surface area contributed by atoms with Crippen LogP contribution in [0.1, 0.15) is 26.3 Å². The number of carbonyl (C=O) groups is 1. The van der Waals surface area contributed by atoms with Crippen molar-refractivity contribution in [2.75, 3.05) is 6.54 Å². The van der Waals surface area contributed by atoms with Gasteiger partial charge in [0.2, 0.25) is 10.0 Å². The molecular formula is C13H19NO4S. The zero-order valence-corrected chi connectivity index (χ0v) is 12.4. The van der Waals surface area contributed by atoms with Gasteiger partial charge in [-0.2, -0.15) is 4.31 Å². The van der Waals surface area contributed by atoms with Gasteiger partial charge >= 0.3 is 5.97 Å². The molecular weight excluding hydrogens is 266 g/mol. The van der Waals surface area contributed by atoms with E-state index < -0.39 is 28.1 Å². The molecule has 106 valence electrons. The van der Waals surface area contributed by atoms with Crippen molar-refractivity contribution in [1.29, 1.82) is 0 Å². The van der Waals surface area contributed by atoms with Crippen LogP contribution in [0.2, 0.25) is 0 Å². The van der Waals surface area contributed by atoms with Crippen molar-refractivity contribution in [2.24, 2.45) is 0 Å². The molecule has 19 heavy (non-hydrogen) atoms. The summed E-state index contributed by atoms with van der Waals surface area (Å²) < 4.78 is 26.0. The predicted molar refractivity (Wildman–Crippen MR) is 72.5 cm³/mol. The van der Waals surface area contributed by atoms with Crippen LogP contribution >= 0.6 is 0 Å². The fourth-order valence-electron chi connectivity index (χ4n) is 1.64. The third-order valence-electron chi connectivity index (χ3n) is 2.64. The minimum absolute atomic E-state index is 0.106. The van der Waals surface area contributed by atoms with Crippen LogP contribution in [-0.2, 0) is 14.8 Å². The number of aryl methyl sites for hydroxylation is 1. The second-order valence-corrected chi connectivity index (χ2v) is 7.25. The molecule has 1 N–H and O–H groups in total. The van der Waals surface area contributed by atoms with Gasteiger partial charge in [-0.05, 0) is 39.8 Å². The van der Waals surface area contributed by atoms with Crippen molar-refractivity contribution in [3.05, 3.63) is 29.8 Å². The lowest BCUT2D eigenvalue weighted by atomic mass is 10.1. The second-order valence-electron chi connectivity index (χ2n) is 5.39. The van der Waals surface area contributed by atoms with Crippen molar-refractivity contribution < 1.29 is 18.3 Å². The van der Waals surface area contributed by atoms with Crippen LogP contribution in [0.3, 0.4) is 0 Å². The Morgan fingerprint density at radius 3 is 2.05 bits per heavy atom. The Hall–Kier alpha value is -1.40. The lowest BCUT2D eigenvalue weighted by Crippen LogP contribution is -2.48. The Labute approximate surface area is 113 Å². The van der Waals surface area contributed by atoms with Crippen molar-refractivity contribution in [1.82, 2.24) is 4.31 Å². The summed E-state index contributed by atoms with van der Waals surface area (Å²) in [5.41, 5.74) is 0.141. The van der Waals surface area contributed by atoms with E-state index in [1.165, 1.54) is 12.1 Å². The standard InChI is InChI=1S/C13H19NO4S/c1-10-5-7-11(8-6-10)19(17,18)14(9-12(15)16)13(2,3)4/h5-8H,9H2,1-4H3,(H,15,16). The van der Waals surface area contributed by atoms with Crippen molar-refractivity contribution in [2.45, 2.75) is 38.1 Å². The highest BCUT2D eigenvalue weighted by molar-refractivity contribution is 7.89. The Morgan fingerprint density at radius 1 is 1.21 bits per heavy atom. The largest absolute Gasteiger partial charge is 0.480 e. The first-order valence-electron chi connectivity index (χ1n) is 5.86. The molecule has 0 aliphatic rings. The quantitative estimate of drug-likeness (QED) is 0.916. The van der Waals surface area contributed by atoms with Gasteiger partial charge < -0.3 is 5.11 Å². The second kappa shape index (κ2) is 5.30. The molecule has 0 saturated heterocycles. The molecule has 1 aromatic rings. The minimum atomic E-state index is -3.82. The van der Waals surface area contributed by atoms with Gasteiger partial charge in [-0.15, -0.1) is 0 Å². The number of benzene rings is 1. The molecule has 5 nitrogen and oxygen atoms in total. The maximum atomic E-state index is 12.5. The zero-order valence-electron chi connectivity index (χ0n) is 11.5. The summed E-state index contributed by atoms with van der Waals surface area (Å²) in [6, 6.07) is 6.36. The third kappa shape index (κ3) is 3.78. The molecule has 0 atom stereocenters. The Balaban J connectivity index is 3.27. The van der Waals surface area contributed by atoms with Gasteiger partial charge in [0.05, 0.1) is 4.90 Å². The Bertz CT molecular complexity index is 555. The Morgan fingerprint density at radius 2 is 1.68 bits per heavy atom. The Kier molecular flexibility index (Phi) is 4.37. The summed E-state index contributed by atoms with van der Waals surface area (Å²) >= 11 is 0. The van der Waals surface area contributed by atoms with Crippen molar-refractivity contribution >= 4 is 16.0 Å². The monoisotopic (exact) mass is 285 g/mol. The van der Waals surface area contributed by atoms with Crippen LogP contribution in [0.25, 0.3) is 0 Å². The molecule has 0 spiro atoms. The summed E-state index contributed by atoms with van der Waals surface area (Å²) in [5.74, 6) is -1.18. The summed E-state index contributed by atoms with van der Waals surface area (Å²) in [6.45, 7) is 6.31. The van der Waals surface area contributed by atoms with Crippen LogP contribution in [0.5, 0.6) is 0 Å². The topological polar surface area (TPSA) is 74.7 Å². The van der Waals surface area contributed by atoms with E-state index in [2.05, 4.69) is 0 Å². The molecule has 0 bridgehead atoms. The normalized spacial score (nSPS) is 12.7. The maximum absolute atomic E-state index is 12.5. The van der Waals surface area contributed by atoms with E-state index in [9.17, 15) is 13.2 Å². The fraction of sp³-hybridized carbons (Fsp3) is 0.462. The highest BCUT2D eigenvalue weighted by Gasteiger charge is 2.35. The first-order valence-corrected chi connectivity index (χ1v) is 7.30. The van der Waals surface area contributed by atoms with Gasteiger partial charge in [0.25, 0.3) is 0 Å². The highest BCUT2D eigenvalue weighted by atomic mass is 32.2. The van der Waals surface area contributed by atoms with Gasteiger partial charge in [0, 0.05) is 5.54 Å². The first-order chi connectivity index (χ1) is 8.55. The SMILES string of the molecule is Cc1ccc(S(=O)(=O)N(CC(=O)O)C(C)(C)C)cc1. The molecule has 0 radical (unpaired) electrons. The van der Waals surface area contributed by atoms with Gasteiger partial charge in [0.15, 0.2) is 0 Å². The third-order valence-corrected chi connectivity index (χ3v) is 4.76. The number of nitrogens with zero attached hydrogens (tertiary/aromatic N) is 1. The molecule has 1 aromatic carbocycles. The van der Waals surface area contributed by atoms with E-state index >= 15 is 0 Å². The molecule has 6 heteroatoms. The van der Waals surface area contributed by atoms with Crippen molar-refractivity contribution in [3.63, 3.8) is 0 Å². The van der Waals surface area contributed by atoms with Crippen LogP contribution < -0.4 is 0 Å². The zero-order chi connectivity index (χ0) is 14.8. The summed E-state index contributed by atoms with van der Waals surface area (Å²) in [6.07, 6.45) is 0. The fourth-order valence-corrected chi connectivity index (χ4v) is 3.38. The average molecular weight is 285 g/mol. The van der Waals surface area contributed by atoms with Gasteiger partial charge in [-0.25, -0.2) is 8.42 Å². The molecule has 0 fully saturated rings. The molecule has 1 rings (SSSR count). The number of carboxylic acid groups (broad SMARTS) is 1. The van der Waals surface area contributed by atoms with E-state index in [4.69, 9.17) is 5.11 Å². The maximum Gasteiger partial charge on any atom is 0.318 e. The smallest absolute Gasteiger partial charge is 0.318 e. The van der Waals surface area contributed by atoms with Crippen molar-refractivity contribution in [3.8, 4) is 0 Å². The highest BCUT2D eigenvalue weighted by Crippen LogP contribution is 2.24. The molecule has 0 aromatic heterocycles. The number of aliphatic carboxylic acids is 1. The number of hydrogen-bond acceptors (Lipinski definition) is 3. The van der Waals surface area contributed by atoms with Crippen LogP contribution in [-0.4, -0.2) is 35.9 Å². The number of rotatable bonds is 4. The molecule has 0 aliphatic carbocycles. The summed E-state index contributed by atoms with van der Waals surface area (Å²) in [5, 5.41) is 8.90. The molecule has 0 aliphatic heterocycles. The molecule has 0 saturated carbocycles. The predicted octanol–water partition coefficient (Wildman–Crippen LogP) is 1.87. The summed E-state index contributed by atoms with van der Waals surface area (Å²) in [4.78, 5) is 11.0. The average Bonchev–Trinajstić information content (AvgIpc) is 2.24.